The molecule has 0 aromatic heterocycles. The predicted octanol–water partition coefficient (Wildman–Crippen LogP) is 6.38. The van der Waals surface area contributed by atoms with Crippen LogP contribution in [0.4, 0.5) is 5.69 Å². The zero-order valence-electron chi connectivity index (χ0n) is 14.9. The van der Waals surface area contributed by atoms with E-state index in [0.29, 0.717) is 5.02 Å². The fourth-order valence-corrected chi connectivity index (χ4v) is 2.97. The summed E-state index contributed by atoms with van der Waals surface area (Å²) in [6, 6.07) is 25.1. The molecule has 26 heavy (non-hydrogen) atoms. The molecule has 1 unspecified atom stereocenters. The highest BCUT2D eigenvalue weighted by Crippen LogP contribution is 2.36. The minimum absolute atomic E-state index is 0.181. The first-order valence-corrected chi connectivity index (χ1v) is 9.06. The molecule has 0 amide bonds. The van der Waals surface area contributed by atoms with E-state index in [-0.39, 0.29) is 6.23 Å². The maximum absolute atomic E-state index is 6.26. The van der Waals surface area contributed by atoms with Gasteiger partial charge in [-0.15, -0.1) is 0 Å². The molecule has 0 fully saturated rings. The van der Waals surface area contributed by atoms with Crippen LogP contribution in [0.1, 0.15) is 13.8 Å². The van der Waals surface area contributed by atoms with Gasteiger partial charge in [0.25, 0.3) is 0 Å². The minimum Gasteiger partial charge on any atom is -0.471 e. The third kappa shape index (κ3) is 4.50. The number of anilines is 1. The van der Waals surface area contributed by atoms with E-state index < -0.39 is 0 Å². The molecule has 3 nitrogen and oxygen atoms in total. The molecule has 0 heterocycles. The van der Waals surface area contributed by atoms with Gasteiger partial charge in [0.2, 0.25) is 0 Å². The van der Waals surface area contributed by atoms with Gasteiger partial charge >= 0.3 is 0 Å². The highest BCUT2D eigenvalue weighted by atomic mass is 35.5. The lowest BCUT2D eigenvalue weighted by Gasteiger charge is -2.31. The molecule has 1 atom stereocenters. The number of ether oxygens (including phenoxy) is 2. The molecule has 134 valence electrons. The monoisotopic (exact) mass is 367 g/mol. The van der Waals surface area contributed by atoms with E-state index in [1.165, 1.54) is 0 Å². The average Bonchev–Trinajstić information content (AvgIpc) is 2.66. The van der Waals surface area contributed by atoms with Crippen LogP contribution in [-0.2, 0) is 0 Å². The van der Waals surface area contributed by atoms with Gasteiger partial charge in [0.1, 0.15) is 11.5 Å². The summed E-state index contributed by atoms with van der Waals surface area (Å²) in [6.45, 7) is 4.85. The first kappa shape index (κ1) is 18.2. The molecule has 3 aromatic rings. The molecule has 0 radical (unpaired) electrons. The second kappa shape index (κ2) is 8.63. The summed E-state index contributed by atoms with van der Waals surface area (Å²) in [5, 5.41) is 0.658. The van der Waals surface area contributed by atoms with Crippen molar-refractivity contribution in [2.75, 3.05) is 11.4 Å². The van der Waals surface area contributed by atoms with Crippen LogP contribution in [0.15, 0.2) is 78.9 Å². The second-order valence-corrected chi connectivity index (χ2v) is 6.28. The van der Waals surface area contributed by atoms with E-state index in [4.69, 9.17) is 21.1 Å². The summed E-state index contributed by atoms with van der Waals surface area (Å²) >= 11 is 6.26. The topological polar surface area (TPSA) is 21.7 Å². The molecule has 0 bridgehead atoms. The number of hydrogen-bond donors (Lipinski definition) is 0. The normalized spacial score (nSPS) is 11.7. The molecule has 0 saturated heterocycles. The van der Waals surface area contributed by atoms with Crippen LogP contribution in [0.25, 0.3) is 0 Å². The lowest BCUT2D eigenvalue weighted by molar-refractivity contribution is 0.215. The van der Waals surface area contributed by atoms with Gasteiger partial charge in [-0.3, -0.25) is 0 Å². The Hall–Kier alpha value is -2.65. The van der Waals surface area contributed by atoms with Crippen LogP contribution in [-0.4, -0.2) is 12.8 Å². The van der Waals surface area contributed by atoms with Crippen LogP contribution in [0.2, 0.25) is 5.02 Å². The minimum atomic E-state index is -0.181. The largest absolute Gasteiger partial charge is 0.471 e. The summed E-state index contributed by atoms with van der Waals surface area (Å²) < 4.78 is 12.2. The Morgan fingerprint density at radius 3 is 2.12 bits per heavy atom. The maximum Gasteiger partial charge on any atom is 0.169 e. The fraction of sp³-hybridized carbons (Fsp3) is 0.182. The van der Waals surface area contributed by atoms with Crippen molar-refractivity contribution >= 4 is 17.3 Å². The Labute approximate surface area is 159 Å². The Balaban J connectivity index is 1.88. The van der Waals surface area contributed by atoms with Crippen LogP contribution >= 0.6 is 11.6 Å². The van der Waals surface area contributed by atoms with E-state index in [2.05, 4.69) is 11.8 Å². The van der Waals surface area contributed by atoms with Crippen molar-refractivity contribution in [3.63, 3.8) is 0 Å². The summed E-state index contributed by atoms with van der Waals surface area (Å²) in [5.41, 5.74) is 0.896. The van der Waals surface area contributed by atoms with Crippen molar-refractivity contribution < 1.29 is 9.47 Å². The van der Waals surface area contributed by atoms with Crippen molar-refractivity contribution in [2.24, 2.45) is 0 Å². The van der Waals surface area contributed by atoms with Gasteiger partial charge in [-0.25, -0.2) is 0 Å². The zero-order valence-corrected chi connectivity index (χ0v) is 15.7. The van der Waals surface area contributed by atoms with Crippen molar-refractivity contribution in [3.8, 4) is 17.2 Å². The zero-order chi connectivity index (χ0) is 18.4. The van der Waals surface area contributed by atoms with Crippen LogP contribution in [0.5, 0.6) is 17.2 Å². The average molecular weight is 368 g/mol. The third-order valence-corrected chi connectivity index (χ3v) is 4.27. The van der Waals surface area contributed by atoms with E-state index in [9.17, 15) is 0 Å². The third-order valence-electron chi connectivity index (χ3n) is 4.03. The van der Waals surface area contributed by atoms with Gasteiger partial charge in [0.15, 0.2) is 12.0 Å². The molecule has 3 aromatic carbocycles. The molecular formula is C22H22ClNO2. The number of hydrogen-bond acceptors (Lipinski definition) is 3. The molecule has 0 N–H and O–H groups in total. The standard InChI is InChI=1S/C22H22ClNO2/c1-3-24(17(2)25-19-10-6-4-7-11-19)21-16-18(23)14-15-22(21)26-20-12-8-5-9-13-20/h4-17H,3H2,1-2H3. The molecule has 0 aliphatic rings. The van der Waals surface area contributed by atoms with E-state index >= 15 is 0 Å². The van der Waals surface area contributed by atoms with Crippen LogP contribution in [0, 0.1) is 0 Å². The van der Waals surface area contributed by atoms with E-state index in [1.54, 1.807) is 0 Å². The van der Waals surface area contributed by atoms with Gasteiger partial charge in [0, 0.05) is 11.6 Å². The maximum atomic E-state index is 6.26. The highest BCUT2D eigenvalue weighted by molar-refractivity contribution is 6.30. The van der Waals surface area contributed by atoms with Gasteiger partial charge in [-0.05, 0) is 56.3 Å². The first-order chi connectivity index (χ1) is 12.7. The summed E-state index contributed by atoms with van der Waals surface area (Å²) in [7, 11) is 0. The molecule has 4 heteroatoms. The summed E-state index contributed by atoms with van der Waals surface area (Å²) in [4.78, 5) is 2.12. The Bertz CT molecular complexity index is 824. The fourth-order valence-electron chi connectivity index (χ4n) is 2.80. The van der Waals surface area contributed by atoms with Crippen LogP contribution < -0.4 is 14.4 Å². The number of halogens is 1. The summed E-state index contributed by atoms with van der Waals surface area (Å²) in [5.74, 6) is 2.35. The number of rotatable bonds is 7. The number of benzene rings is 3. The quantitative estimate of drug-likeness (QED) is 0.452. The molecule has 0 saturated carbocycles. The summed E-state index contributed by atoms with van der Waals surface area (Å²) in [6.07, 6.45) is -0.181. The number of para-hydroxylation sites is 2. The van der Waals surface area contributed by atoms with E-state index in [1.807, 2.05) is 85.8 Å². The second-order valence-electron chi connectivity index (χ2n) is 5.84. The van der Waals surface area contributed by atoms with Gasteiger partial charge in [-0.2, -0.15) is 0 Å². The van der Waals surface area contributed by atoms with Crippen molar-refractivity contribution in [1.29, 1.82) is 0 Å². The Kier molecular flexibility index (Phi) is 6.03. The lowest BCUT2D eigenvalue weighted by Crippen LogP contribution is -2.37. The van der Waals surface area contributed by atoms with Crippen molar-refractivity contribution in [2.45, 2.75) is 20.1 Å². The van der Waals surface area contributed by atoms with Crippen molar-refractivity contribution in [1.82, 2.24) is 0 Å². The molecular weight excluding hydrogens is 346 g/mol. The van der Waals surface area contributed by atoms with Gasteiger partial charge < -0.3 is 14.4 Å². The molecule has 3 rings (SSSR count). The van der Waals surface area contributed by atoms with Gasteiger partial charge in [0.05, 0.1) is 5.69 Å². The van der Waals surface area contributed by atoms with Crippen LogP contribution in [0.3, 0.4) is 0 Å². The molecule has 0 aliphatic heterocycles. The smallest absolute Gasteiger partial charge is 0.169 e. The lowest BCUT2D eigenvalue weighted by atomic mass is 10.2. The Morgan fingerprint density at radius 2 is 1.50 bits per heavy atom. The predicted molar refractivity (Wildman–Crippen MR) is 108 cm³/mol. The SMILES string of the molecule is CCN(c1cc(Cl)ccc1Oc1ccccc1)C(C)Oc1ccccc1. The molecule has 0 aliphatic carbocycles. The first-order valence-electron chi connectivity index (χ1n) is 8.68. The van der Waals surface area contributed by atoms with Crippen molar-refractivity contribution in [3.05, 3.63) is 83.9 Å². The van der Waals surface area contributed by atoms with E-state index in [0.717, 1.165) is 29.5 Å². The molecule has 0 spiro atoms. The highest BCUT2D eigenvalue weighted by Gasteiger charge is 2.19. The number of nitrogens with zero attached hydrogens (tertiary/aromatic N) is 1. The Morgan fingerprint density at radius 1 is 0.885 bits per heavy atom. The van der Waals surface area contributed by atoms with Gasteiger partial charge in [-0.1, -0.05) is 48.0 Å².